The Bertz CT molecular complexity index is 553. The zero-order chi connectivity index (χ0) is 14.5. The lowest BCUT2D eigenvalue weighted by atomic mass is 10.1. The zero-order valence-electron chi connectivity index (χ0n) is 12.2. The van der Waals surface area contributed by atoms with Crippen LogP contribution in [-0.2, 0) is 11.3 Å². The van der Waals surface area contributed by atoms with Crippen molar-refractivity contribution in [2.45, 2.75) is 25.4 Å². The highest BCUT2D eigenvalue weighted by atomic mass is 16.5. The third kappa shape index (κ3) is 3.72. The van der Waals surface area contributed by atoms with Gasteiger partial charge in [0.2, 0.25) is 0 Å². The molecule has 21 heavy (non-hydrogen) atoms. The molecule has 3 rings (SSSR count). The van der Waals surface area contributed by atoms with Crippen molar-refractivity contribution in [2.75, 3.05) is 30.5 Å². The highest BCUT2D eigenvalue weighted by molar-refractivity contribution is 5.48. The fourth-order valence-electron chi connectivity index (χ4n) is 2.42. The van der Waals surface area contributed by atoms with E-state index in [-0.39, 0.29) is 0 Å². The van der Waals surface area contributed by atoms with Crippen LogP contribution in [-0.4, -0.2) is 36.3 Å². The van der Waals surface area contributed by atoms with Gasteiger partial charge in [0.1, 0.15) is 23.7 Å². The molecule has 1 aliphatic heterocycles. The molecular formula is C15H20N4O2. The first-order valence-corrected chi connectivity index (χ1v) is 7.21. The molecule has 0 radical (unpaired) electrons. The van der Waals surface area contributed by atoms with Gasteiger partial charge in [-0.05, 0) is 25.0 Å². The number of hydrogen-bond acceptors (Lipinski definition) is 6. The number of anilines is 2. The summed E-state index contributed by atoms with van der Waals surface area (Å²) in [6.07, 6.45) is 5.47. The van der Waals surface area contributed by atoms with Crippen LogP contribution in [0.25, 0.3) is 0 Å². The summed E-state index contributed by atoms with van der Waals surface area (Å²) in [6, 6.07) is 6.13. The summed E-state index contributed by atoms with van der Waals surface area (Å²) < 4.78 is 10.8. The molecule has 1 saturated heterocycles. The predicted molar refractivity (Wildman–Crippen MR) is 80.3 cm³/mol. The largest absolute Gasteiger partial charge is 0.467 e. The van der Waals surface area contributed by atoms with Gasteiger partial charge in [-0.1, -0.05) is 0 Å². The van der Waals surface area contributed by atoms with E-state index in [1.54, 1.807) is 12.6 Å². The Labute approximate surface area is 124 Å². The van der Waals surface area contributed by atoms with Crippen molar-refractivity contribution < 1.29 is 9.15 Å². The maximum absolute atomic E-state index is 5.47. The van der Waals surface area contributed by atoms with Gasteiger partial charge in [-0.25, -0.2) is 9.97 Å². The van der Waals surface area contributed by atoms with E-state index in [2.05, 4.69) is 15.3 Å². The molecule has 112 valence electrons. The first kappa shape index (κ1) is 13.9. The van der Waals surface area contributed by atoms with Crippen LogP contribution < -0.4 is 10.2 Å². The standard InChI is InChI=1S/C15H20N4O2/c1-19(9-13-5-3-7-21-13)15-8-14(16-11-17-15)18-12-4-2-6-20-10-12/h3,5,7-8,11-12H,2,4,6,9-10H2,1H3,(H,16,17,18)/t12-/m1/s1. The second kappa shape index (κ2) is 6.58. The molecule has 0 aliphatic carbocycles. The Morgan fingerprint density at radius 2 is 2.38 bits per heavy atom. The predicted octanol–water partition coefficient (Wildman–Crippen LogP) is 2.30. The van der Waals surface area contributed by atoms with Gasteiger partial charge in [-0.15, -0.1) is 0 Å². The summed E-state index contributed by atoms with van der Waals surface area (Å²) in [5.41, 5.74) is 0. The molecule has 1 N–H and O–H groups in total. The van der Waals surface area contributed by atoms with Gasteiger partial charge in [0, 0.05) is 19.7 Å². The maximum Gasteiger partial charge on any atom is 0.134 e. The summed E-state index contributed by atoms with van der Waals surface area (Å²) in [7, 11) is 1.98. The van der Waals surface area contributed by atoms with E-state index in [4.69, 9.17) is 9.15 Å². The molecular weight excluding hydrogens is 268 g/mol. The van der Waals surface area contributed by atoms with Crippen molar-refractivity contribution in [3.63, 3.8) is 0 Å². The zero-order valence-corrected chi connectivity index (χ0v) is 12.2. The molecule has 1 fully saturated rings. The first-order chi connectivity index (χ1) is 10.3. The van der Waals surface area contributed by atoms with E-state index in [0.717, 1.165) is 43.5 Å². The smallest absolute Gasteiger partial charge is 0.134 e. The molecule has 1 atom stereocenters. The van der Waals surface area contributed by atoms with Crippen LogP contribution >= 0.6 is 0 Å². The number of aromatic nitrogens is 2. The lowest BCUT2D eigenvalue weighted by Crippen LogP contribution is -2.30. The van der Waals surface area contributed by atoms with Crippen molar-refractivity contribution in [2.24, 2.45) is 0 Å². The molecule has 0 unspecified atom stereocenters. The molecule has 1 aliphatic rings. The molecule has 0 aromatic carbocycles. The number of hydrogen-bond donors (Lipinski definition) is 1. The van der Waals surface area contributed by atoms with Gasteiger partial charge < -0.3 is 19.4 Å². The van der Waals surface area contributed by atoms with Gasteiger partial charge in [-0.2, -0.15) is 0 Å². The van der Waals surface area contributed by atoms with Crippen molar-refractivity contribution in [3.05, 3.63) is 36.5 Å². The van der Waals surface area contributed by atoms with Gasteiger partial charge in [0.15, 0.2) is 0 Å². The first-order valence-electron chi connectivity index (χ1n) is 7.21. The van der Waals surface area contributed by atoms with Gasteiger partial charge in [0.25, 0.3) is 0 Å². The Morgan fingerprint density at radius 1 is 1.43 bits per heavy atom. The van der Waals surface area contributed by atoms with E-state index in [0.29, 0.717) is 12.6 Å². The van der Waals surface area contributed by atoms with Gasteiger partial charge >= 0.3 is 0 Å². The van der Waals surface area contributed by atoms with E-state index in [1.165, 1.54) is 0 Å². The molecule has 6 nitrogen and oxygen atoms in total. The monoisotopic (exact) mass is 288 g/mol. The number of furan rings is 1. The fourth-order valence-corrected chi connectivity index (χ4v) is 2.42. The van der Waals surface area contributed by atoms with Gasteiger partial charge in [-0.3, -0.25) is 0 Å². The Balaban J connectivity index is 1.64. The molecule has 6 heteroatoms. The lowest BCUT2D eigenvalue weighted by Gasteiger charge is -2.24. The van der Waals surface area contributed by atoms with Crippen LogP contribution in [0, 0.1) is 0 Å². The number of nitrogens with one attached hydrogen (secondary N) is 1. The van der Waals surface area contributed by atoms with Crippen molar-refractivity contribution in [1.82, 2.24) is 9.97 Å². The average Bonchev–Trinajstić information content (AvgIpc) is 3.01. The third-order valence-corrected chi connectivity index (χ3v) is 3.53. The quantitative estimate of drug-likeness (QED) is 0.911. The summed E-state index contributed by atoms with van der Waals surface area (Å²) in [5.74, 6) is 2.61. The van der Waals surface area contributed by atoms with Crippen molar-refractivity contribution >= 4 is 11.6 Å². The van der Waals surface area contributed by atoms with Gasteiger partial charge in [0.05, 0.1) is 25.5 Å². The van der Waals surface area contributed by atoms with E-state index in [9.17, 15) is 0 Å². The minimum absolute atomic E-state index is 0.330. The SMILES string of the molecule is CN(Cc1ccco1)c1cc(N[C@@H]2CCCOC2)ncn1. The van der Waals surface area contributed by atoms with Crippen molar-refractivity contribution in [1.29, 1.82) is 0 Å². The minimum atomic E-state index is 0.330. The Morgan fingerprint density at radius 3 is 3.14 bits per heavy atom. The Kier molecular flexibility index (Phi) is 4.35. The normalized spacial score (nSPS) is 18.4. The Hall–Kier alpha value is -2.08. The molecule has 2 aromatic rings. The average molecular weight is 288 g/mol. The van der Waals surface area contributed by atoms with Crippen molar-refractivity contribution in [3.8, 4) is 0 Å². The molecule has 0 spiro atoms. The maximum atomic E-state index is 5.47. The van der Waals surface area contributed by atoms with Crippen LogP contribution in [0.5, 0.6) is 0 Å². The lowest BCUT2D eigenvalue weighted by molar-refractivity contribution is 0.0875. The van der Waals surface area contributed by atoms with E-state index in [1.807, 2.05) is 30.1 Å². The van der Waals surface area contributed by atoms with Crippen LogP contribution in [0.3, 0.4) is 0 Å². The van der Waals surface area contributed by atoms with Crippen LogP contribution in [0.15, 0.2) is 35.2 Å². The summed E-state index contributed by atoms with van der Waals surface area (Å²) in [4.78, 5) is 10.6. The second-order valence-electron chi connectivity index (χ2n) is 5.26. The second-order valence-corrected chi connectivity index (χ2v) is 5.26. The number of nitrogens with zero attached hydrogens (tertiary/aromatic N) is 3. The highest BCUT2D eigenvalue weighted by Gasteiger charge is 2.14. The molecule has 0 saturated carbocycles. The van der Waals surface area contributed by atoms with Crippen LogP contribution in [0.2, 0.25) is 0 Å². The molecule has 0 amide bonds. The van der Waals surface area contributed by atoms with Crippen LogP contribution in [0.4, 0.5) is 11.6 Å². The fraction of sp³-hybridized carbons (Fsp3) is 0.467. The number of rotatable bonds is 5. The van der Waals surface area contributed by atoms with E-state index < -0.39 is 0 Å². The van der Waals surface area contributed by atoms with E-state index >= 15 is 0 Å². The number of ether oxygens (including phenoxy) is 1. The molecule has 2 aromatic heterocycles. The highest BCUT2D eigenvalue weighted by Crippen LogP contribution is 2.18. The summed E-state index contributed by atoms with van der Waals surface area (Å²) >= 11 is 0. The minimum Gasteiger partial charge on any atom is -0.467 e. The molecule has 0 bridgehead atoms. The third-order valence-electron chi connectivity index (χ3n) is 3.53. The molecule has 3 heterocycles. The summed E-state index contributed by atoms with van der Waals surface area (Å²) in [6.45, 7) is 2.27. The topological polar surface area (TPSA) is 63.4 Å². The summed E-state index contributed by atoms with van der Waals surface area (Å²) in [5, 5.41) is 3.41. The van der Waals surface area contributed by atoms with Crippen LogP contribution in [0.1, 0.15) is 18.6 Å².